The molecule has 0 amide bonds. The van der Waals surface area contributed by atoms with E-state index in [0.29, 0.717) is 6.04 Å². The number of anilines is 1. The number of nitrogens with zero attached hydrogens (tertiary/aromatic N) is 2. The van der Waals surface area contributed by atoms with Crippen molar-refractivity contribution in [3.63, 3.8) is 0 Å². The smallest absolute Gasteiger partial charge is 0.170 e. The van der Waals surface area contributed by atoms with Gasteiger partial charge in [-0.05, 0) is 62.3 Å². The largest absolute Gasteiger partial charge is 0.409 e. The molecule has 4 heteroatoms. The Balaban J connectivity index is 1.87. The number of fused-ring (bicyclic) bond motifs is 1. The average Bonchev–Trinajstić information content (AvgIpc) is 2.53. The Morgan fingerprint density at radius 2 is 2.00 bits per heavy atom. The first-order valence-corrected chi connectivity index (χ1v) is 8.06. The van der Waals surface area contributed by atoms with E-state index < -0.39 is 0 Å². The predicted molar refractivity (Wildman–Crippen MR) is 86.0 cm³/mol. The van der Waals surface area contributed by atoms with E-state index in [1.165, 1.54) is 44.2 Å². The van der Waals surface area contributed by atoms with Gasteiger partial charge in [-0.2, -0.15) is 0 Å². The van der Waals surface area contributed by atoms with Crippen molar-refractivity contribution >= 4 is 11.5 Å². The molecule has 114 valence electrons. The number of amidine groups is 1. The molecule has 2 atom stereocenters. The van der Waals surface area contributed by atoms with Gasteiger partial charge in [0.2, 0.25) is 0 Å². The summed E-state index contributed by atoms with van der Waals surface area (Å²) in [6, 6.07) is 7.00. The van der Waals surface area contributed by atoms with Gasteiger partial charge in [0.15, 0.2) is 5.84 Å². The van der Waals surface area contributed by atoms with Gasteiger partial charge in [-0.3, -0.25) is 0 Å². The molecule has 2 aliphatic rings. The zero-order valence-electron chi connectivity index (χ0n) is 12.8. The molecule has 1 heterocycles. The molecular formula is C17H25N3O. The van der Waals surface area contributed by atoms with E-state index in [1.54, 1.807) is 0 Å². The van der Waals surface area contributed by atoms with Crippen LogP contribution in [-0.4, -0.2) is 23.6 Å². The zero-order valence-corrected chi connectivity index (χ0v) is 12.8. The maximum atomic E-state index is 8.84. The molecule has 1 aromatic carbocycles. The number of benzene rings is 1. The van der Waals surface area contributed by atoms with E-state index in [2.05, 4.69) is 22.2 Å². The van der Waals surface area contributed by atoms with Crippen LogP contribution in [-0.2, 0) is 0 Å². The Morgan fingerprint density at radius 1 is 1.24 bits per heavy atom. The van der Waals surface area contributed by atoms with E-state index in [9.17, 15) is 0 Å². The molecule has 0 spiro atoms. The van der Waals surface area contributed by atoms with E-state index in [1.807, 2.05) is 13.0 Å². The molecule has 3 rings (SSSR count). The number of hydrogen-bond donors (Lipinski definition) is 2. The number of piperidine rings is 1. The third kappa shape index (κ3) is 2.71. The van der Waals surface area contributed by atoms with Crippen molar-refractivity contribution in [2.24, 2.45) is 16.8 Å². The molecule has 1 saturated carbocycles. The molecule has 0 aromatic heterocycles. The highest BCUT2D eigenvalue weighted by molar-refractivity contribution is 5.98. The lowest BCUT2D eigenvalue weighted by Crippen LogP contribution is -2.46. The van der Waals surface area contributed by atoms with Gasteiger partial charge < -0.3 is 15.8 Å². The van der Waals surface area contributed by atoms with Gasteiger partial charge in [0.1, 0.15) is 0 Å². The van der Waals surface area contributed by atoms with Crippen LogP contribution in [0.5, 0.6) is 0 Å². The van der Waals surface area contributed by atoms with Crippen molar-refractivity contribution in [2.75, 3.05) is 11.4 Å². The summed E-state index contributed by atoms with van der Waals surface area (Å²) in [7, 11) is 0. The molecule has 1 aliphatic heterocycles. The molecular weight excluding hydrogens is 262 g/mol. The lowest BCUT2D eigenvalue weighted by atomic mass is 9.78. The Hall–Kier alpha value is -1.71. The Morgan fingerprint density at radius 3 is 2.76 bits per heavy atom. The highest BCUT2D eigenvalue weighted by Gasteiger charge is 2.33. The van der Waals surface area contributed by atoms with Crippen molar-refractivity contribution < 1.29 is 5.21 Å². The highest BCUT2D eigenvalue weighted by atomic mass is 16.4. The molecule has 0 unspecified atom stereocenters. The van der Waals surface area contributed by atoms with Crippen molar-refractivity contribution in [3.8, 4) is 0 Å². The average molecular weight is 287 g/mol. The van der Waals surface area contributed by atoms with Crippen LogP contribution in [0.2, 0.25) is 0 Å². The number of aryl methyl sites for hydroxylation is 1. The summed E-state index contributed by atoms with van der Waals surface area (Å²) in [6.07, 6.45) is 8.16. The normalized spacial score (nSPS) is 26.5. The zero-order chi connectivity index (χ0) is 14.8. The fraction of sp³-hybridized carbons (Fsp3) is 0.588. The van der Waals surface area contributed by atoms with Gasteiger partial charge in [-0.1, -0.05) is 18.0 Å². The van der Waals surface area contributed by atoms with Crippen molar-refractivity contribution in [3.05, 3.63) is 29.3 Å². The number of rotatable bonds is 2. The Kier molecular flexibility index (Phi) is 4.04. The summed E-state index contributed by atoms with van der Waals surface area (Å²) < 4.78 is 0. The Bertz CT molecular complexity index is 539. The number of oxime groups is 1. The molecule has 1 aliphatic carbocycles. The number of nitrogens with two attached hydrogens (primary N) is 1. The molecule has 3 N–H and O–H groups in total. The van der Waals surface area contributed by atoms with Crippen LogP contribution >= 0.6 is 0 Å². The van der Waals surface area contributed by atoms with Crippen molar-refractivity contribution in [1.82, 2.24) is 0 Å². The molecule has 4 nitrogen and oxygen atoms in total. The molecule has 0 bridgehead atoms. The van der Waals surface area contributed by atoms with E-state index in [0.717, 1.165) is 23.6 Å². The second-order valence-corrected chi connectivity index (χ2v) is 6.43. The standard InChI is InChI=1S/C17H25N3O/c1-12-11-14(8-9-15(12)17(18)19-21)20-10-4-6-13-5-2-3-7-16(13)20/h8-9,11,13,16,21H,2-7,10H2,1H3,(H2,18,19)/t13-,16-/m1/s1. The second-order valence-electron chi connectivity index (χ2n) is 6.43. The van der Waals surface area contributed by atoms with Crippen LogP contribution in [0.15, 0.2) is 23.4 Å². The van der Waals surface area contributed by atoms with E-state index in [-0.39, 0.29) is 5.84 Å². The Labute approximate surface area is 126 Å². The molecule has 1 saturated heterocycles. The van der Waals surface area contributed by atoms with Crippen molar-refractivity contribution in [2.45, 2.75) is 51.5 Å². The monoisotopic (exact) mass is 287 g/mol. The van der Waals surface area contributed by atoms with E-state index >= 15 is 0 Å². The minimum atomic E-state index is 0.188. The third-order valence-corrected chi connectivity index (χ3v) is 5.17. The van der Waals surface area contributed by atoms with Crippen molar-refractivity contribution in [1.29, 1.82) is 0 Å². The topological polar surface area (TPSA) is 61.8 Å². The third-order valence-electron chi connectivity index (χ3n) is 5.17. The van der Waals surface area contributed by atoms with Gasteiger partial charge >= 0.3 is 0 Å². The molecule has 2 fully saturated rings. The van der Waals surface area contributed by atoms with Gasteiger partial charge in [0.05, 0.1) is 0 Å². The highest BCUT2D eigenvalue weighted by Crippen LogP contribution is 2.38. The van der Waals surface area contributed by atoms with Crippen LogP contribution in [0.1, 0.15) is 49.7 Å². The minimum absolute atomic E-state index is 0.188. The quantitative estimate of drug-likeness (QED) is 0.380. The first kappa shape index (κ1) is 14.2. The second kappa shape index (κ2) is 5.96. The summed E-state index contributed by atoms with van der Waals surface area (Å²) in [5.41, 5.74) is 8.89. The number of hydrogen-bond acceptors (Lipinski definition) is 3. The van der Waals surface area contributed by atoms with Crippen LogP contribution in [0.25, 0.3) is 0 Å². The first-order valence-electron chi connectivity index (χ1n) is 8.06. The van der Waals surface area contributed by atoms with E-state index in [4.69, 9.17) is 10.9 Å². The maximum Gasteiger partial charge on any atom is 0.170 e. The lowest BCUT2D eigenvalue weighted by molar-refractivity contribution is 0.244. The predicted octanol–water partition coefficient (Wildman–Crippen LogP) is 3.25. The SMILES string of the molecule is Cc1cc(N2CCC[C@H]3CCCC[C@H]32)ccc1/C(N)=N/O. The summed E-state index contributed by atoms with van der Waals surface area (Å²) in [6.45, 7) is 3.18. The molecule has 0 radical (unpaired) electrons. The van der Waals surface area contributed by atoms with Crippen LogP contribution in [0.4, 0.5) is 5.69 Å². The molecule has 21 heavy (non-hydrogen) atoms. The fourth-order valence-corrected chi connectivity index (χ4v) is 4.11. The van der Waals surface area contributed by atoms with Crippen LogP contribution in [0, 0.1) is 12.8 Å². The lowest BCUT2D eigenvalue weighted by Gasteiger charge is -2.45. The van der Waals surface area contributed by atoms with Gasteiger partial charge in [0.25, 0.3) is 0 Å². The summed E-state index contributed by atoms with van der Waals surface area (Å²) in [4.78, 5) is 2.59. The molecule has 1 aromatic rings. The summed E-state index contributed by atoms with van der Waals surface area (Å²) >= 11 is 0. The first-order chi connectivity index (χ1) is 10.2. The fourth-order valence-electron chi connectivity index (χ4n) is 4.11. The van der Waals surface area contributed by atoms with Crippen LogP contribution < -0.4 is 10.6 Å². The minimum Gasteiger partial charge on any atom is -0.409 e. The van der Waals surface area contributed by atoms with Gasteiger partial charge in [0, 0.05) is 23.8 Å². The summed E-state index contributed by atoms with van der Waals surface area (Å²) in [5, 5.41) is 11.9. The summed E-state index contributed by atoms with van der Waals surface area (Å²) in [5.74, 6) is 1.06. The van der Waals surface area contributed by atoms with Gasteiger partial charge in [-0.15, -0.1) is 0 Å². The van der Waals surface area contributed by atoms with Crippen LogP contribution in [0.3, 0.4) is 0 Å². The van der Waals surface area contributed by atoms with Gasteiger partial charge in [-0.25, -0.2) is 0 Å². The maximum absolute atomic E-state index is 8.84.